The Morgan fingerprint density at radius 3 is 2.29 bits per heavy atom. The van der Waals surface area contributed by atoms with Gasteiger partial charge in [0.1, 0.15) is 0 Å². The van der Waals surface area contributed by atoms with E-state index in [0.717, 1.165) is 0 Å². The summed E-state index contributed by atoms with van der Waals surface area (Å²) in [5.41, 5.74) is 5.04. The van der Waals surface area contributed by atoms with Gasteiger partial charge in [0.15, 0.2) is 0 Å². The van der Waals surface area contributed by atoms with Gasteiger partial charge in [-0.05, 0) is 0 Å². The molecule has 2 nitrogen and oxygen atoms in total. The Morgan fingerprint density at radius 1 is 1.86 bits per heavy atom. The van der Waals surface area contributed by atoms with Gasteiger partial charge in [-0.1, -0.05) is 0 Å². The molecule has 2 N–H and O–H groups in total. The molecule has 0 bridgehead atoms. The Labute approximate surface area is 57.3 Å². The van der Waals surface area contributed by atoms with E-state index in [2.05, 4.69) is 16.0 Å². The van der Waals surface area contributed by atoms with Crippen LogP contribution in [0.15, 0.2) is 0 Å². The Kier molecular flexibility index (Phi) is 9.19. The predicted molar refractivity (Wildman–Crippen MR) is 32.8 cm³/mol. The SMILES string of the molecule is Cl.N#CC([SeH])CN. The van der Waals surface area contributed by atoms with E-state index in [1.807, 2.05) is 6.07 Å². The molecule has 0 aromatic rings. The fraction of sp³-hybridized carbons (Fsp3) is 0.667. The third-order valence-electron chi connectivity index (χ3n) is 0.372. The zero-order chi connectivity index (χ0) is 4.99. The Morgan fingerprint density at radius 2 is 2.29 bits per heavy atom. The van der Waals surface area contributed by atoms with Crippen molar-refractivity contribution in [3.05, 3.63) is 0 Å². The van der Waals surface area contributed by atoms with Crippen LogP contribution in [0.3, 0.4) is 0 Å². The molecule has 1 unspecified atom stereocenters. The third-order valence-corrected chi connectivity index (χ3v) is 1.06. The van der Waals surface area contributed by atoms with Crippen LogP contribution in [-0.2, 0) is 0 Å². The molecule has 0 radical (unpaired) electrons. The van der Waals surface area contributed by atoms with Crippen molar-refractivity contribution in [2.75, 3.05) is 6.54 Å². The molecule has 0 rings (SSSR count). The molecule has 0 amide bonds. The number of rotatable bonds is 1. The minimum absolute atomic E-state index is 0. The maximum absolute atomic E-state index is 7.99. The van der Waals surface area contributed by atoms with Crippen LogP contribution in [0.4, 0.5) is 0 Å². The van der Waals surface area contributed by atoms with Crippen LogP contribution in [0.2, 0.25) is 4.82 Å². The molecule has 0 aliphatic rings. The van der Waals surface area contributed by atoms with Gasteiger partial charge in [-0.2, -0.15) is 0 Å². The molecule has 1 atom stereocenters. The molecule has 0 saturated heterocycles. The van der Waals surface area contributed by atoms with E-state index >= 15 is 0 Å². The summed E-state index contributed by atoms with van der Waals surface area (Å²) < 4.78 is 0. The topological polar surface area (TPSA) is 49.8 Å². The Balaban J connectivity index is 0. The first kappa shape index (κ1) is 10.3. The fourth-order valence-electron chi connectivity index (χ4n) is 0.0527. The van der Waals surface area contributed by atoms with Crippen LogP contribution in [-0.4, -0.2) is 22.6 Å². The minimum atomic E-state index is -0.0440. The molecule has 0 fully saturated rings. The molecule has 4 heteroatoms. The standard InChI is InChI=1S/C3H6N2Se.ClH/c4-1-3(6)2-5;/h3,6H,1,4H2;1H. The van der Waals surface area contributed by atoms with Crippen molar-refractivity contribution < 1.29 is 0 Å². The molecular formula is C3H7ClN2Se. The van der Waals surface area contributed by atoms with Gasteiger partial charge < -0.3 is 0 Å². The van der Waals surface area contributed by atoms with Crippen LogP contribution in [0.5, 0.6) is 0 Å². The second-order valence-electron chi connectivity index (χ2n) is 0.881. The van der Waals surface area contributed by atoms with E-state index in [4.69, 9.17) is 11.0 Å². The molecule has 0 aromatic heterocycles. The first-order valence-electron chi connectivity index (χ1n) is 1.59. The van der Waals surface area contributed by atoms with E-state index in [0.29, 0.717) is 6.54 Å². The van der Waals surface area contributed by atoms with Crippen molar-refractivity contribution in [3.8, 4) is 6.07 Å². The van der Waals surface area contributed by atoms with E-state index in [9.17, 15) is 0 Å². The second kappa shape index (κ2) is 6.26. The summed E-state index contributed by atoms with van der Waals surface area (Å²) in [5, 5.41) is 7.99. The van der Waals surface area contributed by atoms with Crippen LogP contribution < -0.4 is 5.73 Å². The maximum atomic E-state index is 7.99. The van der Waals surface area contributed by atoms with Gasteiger partial charge in [0.2, 0.25) is 0 Å². The zero-order valence-electron chi connectivity index (χ0n) is 3.66. The normalized spacial score (nSPS) is 11.0. The van der Waals surface area contributed by atoms with E-state index in [-0.39, 0.29) is 17.2 Å². The summed E-state index contributed by atoms with van der Waals surface area (Å²) in [6, 6.07) is 1.96. The quantitative estimate of drug-likeness (QED) is 0.564. The number of nitrogens with two attached hydrogens (primary N) is 1. The van der Waals surface area contributed by atoms with Gasteiger partial charge in [0.05, 0.1) is 0 Å². The van der Waals surface area contributed by atoms with Crippen molar-refractivity contribution in [3.63, 3.8) is 0 Å². The van der Waals surface area contributed by atoms with Gasteiger partial charge in [0, 0.05) is 0 Å². The number of nitriles is 1. The summed E-state index contributed by atoms with van der Waals surface area (Å²) in [5.74, 6) is 0. The van der Waals surface area contributed by atoms with E-state index in [1.54, 1.807) is 0 Å². The van der Waals surface area contributed by atoms with Gasteiger partial charge in [-0.25, -0.2) is 0 Å². The first-order chi connectivity index (χ1) is 2.81. The van der Waals surface area contributed by atoms with Crippen LogP contribution in [0.1, 0.15) is 0 Å². The number of hydrogen-bond acceptors (Lipinski definition) is 2. The van der Waals surface area contributed by atoms with Crippen molar-refractivity contribution in [1.82, 2.24) is 0 Å². The number of nitrogens with zero attached hydrogens (tertiary/aromatic N) is 1. The molecule has 0 spiro atoms. The van der Waals surface area contributed by atoms with Gasteiger partial charge in [-0.3, -0.25) is 0 Å². The molecule has 0 heterocycles. The zero-order valence-corrected chi connectivity index (χ0v) is 6.36. The van der Waals surface area contributed by atoms with Crippen LogP contribution in [0.25, 0.3) is 0 Å². The average molecular weight is 186 g/mol. The number of hydrogen-bond donors (Lipinski definition) is 1. The van der Waals surface area contributed by atoms with Crippen molar-refractivity contribution in [1.29, 1.82) is 5.26 Å². The Bertz CT molecular complexity index is 69.8. The first-order valence-corrected chi connectivity index (χ1v) is 2.67. The second-order valence-corrected chi connectivity index (χ2v) is 2.19. The molecule has 7 heavy (non-hydrogen) atoms. The molecule has 42 valence electrons. The number of halogens is 1. The molecule has 0 aliphatic heterocycles. The van der Waals surface area contributed by atoms with Gasteiger partial charge in [-0.15, -0.1) is 12.4 Å². The van der Waals surface area contributed by atoms with Gasteiger partial charge >= 0.3 is 44.4 Å². The molecule has 0 aliphatic carbocycles. The van der Waals surface area contributed by atoms with Crippen LogP contribution >= 0.6 is 12.4 Å². The van der Waals surface area contributed by atoms with Crippen LogP contribution in [0, 0.1) is 11.3 Å². The summed E-state index contributed by atoms with van der Waals surface area (Å²) in [6.45, 7) is 0.441. The summed E-state index contributed by atoms with van der Waals surface area (Å²) in [6.07, 6.45) is 0. The average Bonchev–Trinajstić information content (AvgIpc) is 1.65. The Hall–Kier alpha value is 0.259. The molecule has 0 aromatic carbocycles. The van der Waals surface area contributed by atoms with Gasteiger partial charge in [0.25, 0.3) is 0 Å². The monoisotopic (exact) mass is 186 g/mol. The summed E-state index contributed by atoms with van der Waals surface area (Å²) >= 11 is 2.19. The van der Waals surface area contributed by atoms with E-state index in [1.165, 1.54) is 0 Å². The summed E-state index contributed by atoms with van der Waals surface area (Å²) in [7, 11) is 0. The van der Waals surface area contributed by atoms with Crippen molar-refractivity contribution in [2.24, 2.45) is 5.73 Å². The molecule has 0 saturated carbocycles. The fourth-order valence-corrected chi connectivity index (χ4v) is 0.0527. The third kappa shape index (κ3) is 6.26. The molecular weight excluding hydrogens is 178 g/mol. The van der Waals surface area contributed by atoms with Crippen molar-refractivity contribution >= 4 is 28.4 Å². The van der Waals surface area contributed by atoms with Crippen molar-refractivity contribution in [2.45, 2.75) is 4.82 Å². The predicted octanol–water partition coefficient (Wildman–Crippen LogP) is -0.420. The summed E-state index contributed by atoms with van der Waals surface area (Å²) in [4.78, 5) is -0.0440. The van der Waals surface area contributed by atoms with E-state index < -0.39 is 0 Å².